The molecule has 1 aliphatic rings. The van der Waals surface area contributed by atoms with Crippen LogP contribution in [-0.2, 0) is 9.47 Å². The number of benzene rings is 1. The van der Waals surface area contributed by atoms with Crippen molar-refractivity contribution in [1.29, 1.82) is 0 Å². The number of hydrogen-bond acceptors (Lipinski definition) is 4. The molecule has 1 fully saturated rings. The number of amidine groups is 1. The minimum Gasteiger partial charge on any atom is -0.409 e. The van der Waals surface area contributed by atoms with Crippen LogP contribution >= 0.6 is 0 Å². The van der Waals surface area contributed by atoms with E-state index in [4.69, 9.17) is 20.4 Å². The Morgan fingerprint density at radius 3 is 2.78 bits per heavy atom. The van der Waals surface area contributed by atoms with Crippen LogP contribution in [0, 0.1) is 0 Å². The van der Waals surface area contributed by atoms with Crippen molar-refractivity contribution in [2.75, 3.05) is 6.61 Å². The van der Waals surface area contributed by atoms with Gasteiger partial charge < -0.3 is 20.4 Å². The van der Waals surface area contributed by atoms with Crippen molar-refractivity contribution in [2.45, 2.75) is 31.7 Å². The van der Waals surface area contributed by atoms with Crippen LogP contribution in [0.5, 0.6) is 0 Å². The van der Waals surface area contributed by atoms with Crippen molar-refractivity contribution in [3.8, 4) is 0 Å². The minimum absolute atomic E-state index is 0.0374. The minimum atomic E-state index is -0.570. The Bertz CT molecular complexity index is 388. The molecule has 2 rings (SSSR count). The second-order valence-electron chi connectivity index (χ2n) is 4.25. The lowest BCUT2D eigenvalue weighted by molar-refractivity contribution is -0.176. The lowest BCUT2D eigenvalue weighted by Crippen LogP contribution is -2.31. The van der Waals surface area contributed by atoms with Crippen LogP contribution < -0.4 is 5.73 Å². The largest absolute Gasteiger partial charge is 0.409 e. The molecule has 98 valence electrons. The third-order valence-corrected chi connectivity index (χ3v) is 2.91. The summed E-state index contributed by atoms with van der Waals surface area (Å²) in [7, 11) is 0. The molecule has 0 bridgehead atoms. The Morgan fingerprint density at radius 2 is 2.17 bits per heavy atom. The van der Waals surface area contributed by atoms with Crippen LogP contribution in [-0.4, -0.2) is 23.9 Å². The summed E-state index contributed by atoms with van der Waals surface area (Å²) >= 11 is 0. The fourth-order valence-corrected chi connectivity index (χ4v) is 1.97. The first-order valence-electron chi connectivity index (χ1n) is 6.10. The summed E-state index contributed by atoms with van der Waals surface area (Å²) in [5, 5.41) is 11.9. The average Bonchev–Trinajstić information content (AvgIpc) is 2.46. The summed E-state index contributed by atoms with van der Waals surface area (Å²) < 4.78 is 11.3. The molecular formula is C13H18N2O3. The highest BCUT2D eigenvalue weighted by molar-refractivity contribution is 5.85. The highest BCUT2D eigenvalue weighted by Gasteiger charge is 2.24. The van der Waals surface area contributed by atoms with Gasteiger partial charge in [0.1, 0.15) is 6.10 Å². The SMILES string of the molecule is N/C(=N/O)[C@@H](O[C@H]1CCCCO1)c1ccccc1. The molecule has 1 aromatic carbocycles. The molecule has 18 heavy (non-hydrogen) atoms. The quantitative estimate of drug-likeness (QED) is 0.371. The van der Waals surface area contributed by atoms with Gasteiger partial charge in [-0.15, -0.1) is 0 Å². The molecule has 1 aliphatic heterocycles. The second kappa shape index (κ2) is 6.37. The van der Waals surface area contributed by atoms with Crippen molar-refractivity contribution in [3.05, 3.63) is 35.9 Å². The molecule has 5 nitrogen and oxygen atoms in total. The fourth-order valence-electron chi connectivity index (χ4n) is 1.97. The van der Waals surface area contributed by atoms with Crippen LogP contribution in [0.1, 0.15) is 30.9 Å². The first kappa shape index (κ1) is 12.9. The third-order valence-electron chi connectivity index (χ3n) is 2.91. The Labute approximate surface area is 106 Å². The van der Waals surface area contributed by atoms with Gasteiger partial charge in [0.15, 0.2) is 12.1 Å². The van der Waals surface area contributed by atoms with Gasteiger partial charge in [0.2, 0.25) is 0 Å². The molecule has 1 saturated heterocycles. The van der Waals surface area contributed by atoms with Gasteiger partial charge in [0, 0.05) is 6.61 Å². The van der Waals surface area contributed by atoms with Crippen LogP contribution in [0.4, 0.5) is 0 Å². The smallest absolute Gasteiger partial charge is 0.173 e. The topological polar surface area (TPSA) is 77.1 Å². The number of nitrogens with two attached hydrogens (primary N) is 1. The molecule has 2 atom stereocenters. The van der Waals surface area contributed by atoms with E-state index in [1.807, 2.05) is 30.3 Å². The molecule has 1 aromatic rings. The van der Waals surface area contributed by atoms with Crippen molar-refractivity contribution >= 4 is 5.84 Å². The molecule has 0 aliphatic carbocycles. The summed E-state index contributed by atoms with van der Waals surface area (Å²) in [6.07, 6.45) is 2.10. The molecule has 0 saturated carbocycles. The predicted molar refractivity (Wildman–Crippen MR) is 67.3 cm³/mol. The van der Waals surface area contributed by atoms with Crippen molar-refractivity contribution in [1.82, 2.24) is 0 Å². The highest BCUT2D eigenvalue weighted by atomic mass is 16.7. The van der Waals surface area contributed by atoms with E-state index in [1.54, 1.807) is 0 Å². The van der Waals surface area contributed by atoms with E-state index in [2.05, 4.69) is 5.16 Å². The van der Waals surface area contributed by atoms with E-state index in [0.29, 0.717) is 6.61 Å². The standard InChI is InChI=1S/C13H18N2O3/c14-13(15-16)12(10-6-2-1-3-7-10)18-11-8-4-5-9-17-11/h1-3,6-7,11-12,16H,4-5,8-9H2,(H2,14,15)/t11-,12-/m0/s1. The average molecular weight is 250 g/mol. The van der Waals surface area contributed by atoms with E-state index in [1.165, 1.54) is 0 Å². The van der Waals surface area contributed by atoms with Gasteiger partial charge in [0.05, 0.1) is 0 Å². The third kappa shape index (κ3) is 3.21. The Kier molecular flexibility index (Phi) is 4.55. The van der Waals surface area contributed by atoms with Gasteiger partial charge in [-0.05, 0) is 24.8 Å². The van der Waals surface area contributed by atoms with Gasteiger partial charge >= 0.3 is 0 Å². The Hall–Kier alpha value is -1.59. The van der Waals surface area contributed by atoms with Crippen molar-refractivity contribution < 1.29 is 14.7 Å². The molecular weight excluding hydrogens is 232 g/mol. The fraction of sp³-hybridized carbons (Fsp3) is 0.462. The number of ether oxygens (including phenoxy) is 2. The van der Waals surface area contributed by atoms with Gasteiger partial charge in [-0.3, -0.25) is 0 Å². The van der Waals surface area contributed by atoms with Crippen LogP contribution in [0.15, 0.2) is 35.5 Å². The summed E-state index contributed by atoms with van der Waals surface area (Å²) in [5.41, 5.74) is 6.53. The Balaban J connectivity index is 2.10. The van der Waals surface area contributed by atoms with E-state index in [9.17, 15) is 0 Å². The molecule has 5 heteroatoms. The molecule has 1 heterocycles. The van der Waals surface area contributed by atoms with Crippen molar-refractivity contribution in [2.24, 2.45) is 10.9 Å². The zero-order chi connectivity index (χ0) is 12.8. The van der Waals surface area contributed by atoms with Crippen LogP contribution in [0.2, 0.25) is 0 Å². The molecule has 0 amide bonds. The zero-order valence-corrected chi connectivity index (χ0v) is 10.2. The van der Waals surface area contributed by atoms with E-state index >= 15 is 0 Å². The second-order valence-corrected chi connectivity index (χ2v) is 4.25. The predicted octanol–water partition coefficient (Wildman–Crippen LogP) is 2.02. The summed E-state index contributed by atoms with van der Waals surface area (Å²) in [4.78, 5) is 0. The molecule has 0 aromatic heterocycles. The maximum atomic E-state index is 8.84. The molecule has 0 spiro atoms. The number of oxime groups is 1. The first-order chi connectivity index (χ1) is 8.81. The van der Waals surface area contributed by atoms with Gasteiger partial charge in [-0.2, -0.15) is 0 Å². The maximum Gasteiger partial charge on any atom is 0.173 e. The number of rotatable bonds is 4. The van der Waals surface area contributed by atoms with Crippen LogP contribution in [0.25, 0.3) is 0 Å². The Morgan fingerprint density at radius 1 is 1.39 bits per heavy atom. The van der Waals surface area contributed by atoms with Crippen LogP contribution in [0.3, 0.4) is 0 Å². The lowest BCUT2D eigenvalue weighted by Gasteiger charge is -2.27. The number of hydrogen-bond donors (Lipinski definition) is 2. The molecule has 0 radical (unpaired) electrons. The van der Waals surface area contributed by atoms with E-state index in [0.717, 1.165) is 24.8 Å². The highest BCUT2D eigenvalue weighted by Crippen LogP contribution is 2.24. The van der Waals surface area contributed by atoms with Gasteiger partial charge in [-0.1, -0.05) is 35.5 Å². The van der Waals surface area contributed by atoms with Crippen molar-refractivity contribution in [3.63, 3.8) is 0 Å². The first-order valence-corrected chi connectivity index (χ1v) is 6.10. The summed E-state index contributed by atoms with van der Waals surface area (Å²) in [5.74, 6) is 0.0374. The summed E-state index contributed by atoms with van der Waals surface area (Å²) in [6.45, 7) is 0.697. The lowest BCUT2D eigenvalue weighted by atomic mass is 10.1. The number of nitrogens with zero attached hydrogens (tertiary/aromatic N) is 1. The van der Waals surface area contributed by atoms with Gasteiger partial charge in [-0.25, -0.2) is 0 Å². The van der Waals surface area contributed by atoms with E-state index in [-0.39, 0.29) is 12.1 Å². The van der Waals surface area contributed by atoms with Gasteiger partial charge in [0.25, 0.3) is 0 Å². The normalized spacial score (nSPS) is 22.7. The molecule has 0 unspecified atom stereocenters. The summed E-state index contributed by atoms with van der Waals surface area (Å²) in [6, 6.07) is 9.44. The van der Waals surface area contributed by atoms with E-state index < -0.39 is 6.10 Å². The monoisotopic (exact) mass is 250 g/mol. The molecule has 3 N–H and O–H groups in total. The maximum absolute atomic E-state index is 8.84. The zero-order valence-electron chi connectivity index (χ0n) is 10.2.